The molecule has 0 heterocycles. The summed E-state index contributed by atoms with van der Waals surface area (Å²) < 4.78 is 6.40. The SMILES string of the molecule is [3H]PCC=O.[Nd]. The molecule has 0 aliphatic carbocycles. The van der Waals surface area contributed by atoms with Crippen LogP contribution in [0.5, 0.6) is 0 Å². The van der Waals surface area contributed by atoms with Gasteiger partial charge in [0.05, 0.1) is 1.28 Å². The van der Waals surface area contributed by atoms with Gasteiger partial charge in [-0.1, -0.05) is 0 Å². The van der Waals surface area contributed by atoms with Gasteiger partial charge in [-0.25, -0.2) is 0 Å². The van der Waals surface area contributed by atoms with Gasteiger partial charge in [0.1, 0.15) is 6.29 Å². The molecule has 0 aromatic carbocycles. The number of aldehydes is 1. The number of carbonyl (C=O) groups is 1. The average Bonchev–Trinajstić information content (AvgIpc) is 1.41. The maximum absolute atomic E-state index is 9.29. The summed E-state index contributed by atoms with van der Waals surface area (Å²) in [6.45, 7) is 0. The summed E-state index contributed by atoms with van der Waals surface area (Å²) in [6, 6.07) is 0. The predicted molar refractivity (Wildman–Crippen MR) is 20.6 cm³/mol. The Morgan fingerprint density at radius 3 is 2.80 bits per heavy atom. The summed E-state index contributed by atoms with van der Waals surface area (Å²) in [5, 5.41) is 0. The zero-order valence-electron chi connectivity index (χ0n) is 3.69. The van der Waals surface area contributed by atoms with Gasteiger partial charge in [0.2, 0.25) is 0 Å². The predicted octanol–water partition coefficient (Wildman–Crippen LogP) is 0.0604. The van der Waals surface area contributed by atoms with E-state index in [4.69, 9.17) is 1.28 Å². The smallest absolute Gasteiger partial charge is 0.123 e. The van der Waals surface area contributed by atoms with E-state index in [1.54, 1.807) is 0 Å². The fraction of sp³-hybridized carbons (Fsp3) is 0.500. The van der Waals surface area contributed by atoms with Gasteiger partial charge in [-0.15, -0.1) is 9.18 Å². The molecule has 0 aliphatic rings. The van der Waals surface area contributed by atoms with E-state index in [0.29, 0.717) is 6.16 Å². The fourth-order valence-electron chi connectivity index (χ4n) is 0. The van der Waals surface area contributed by atoms with Crippen LogP contribution in [0, 0.1) is 40.8 Å². The third kappa shape index (κ3) is 10.8. The molecule has 0 fully saturated rings. The van der Waals surface area contributed by atoms with E-state index < -0.39 is 0 Å². The van der Waals surface area contributed by atoms with Gasteiger partial charge in [0.15, 0.2) is 0 Å². The zero-order chi connectivity index (χ0) is 4.12. The van der Waals surface area contributed by atoms with Crippen LogP contribution in [0.25, 0.3) is 0 Å². The van der Waals surface area contributed by atoms with Crippen molar-refractivity contribution in [1.29, 1.82) is 1.28 Å². The van der Waals surface area contributed by atoms with Crippen LogP contribution in [-0.2, 0) is 4.79 Å². The van der Waals surface area contributed by atoms with Crippen molar-refractivity contribution in [2.75, 3.05) is 6.16 Å². The van der Waals surface area contributed by atoms with Gasteiger partial charge >= 0.3 is 0 Å². The molecule has 0 aliphatic heterocycles. The van der Waals surface area contributed by atoms with Crippen LogP contribution in [0.2, 0.25) is 0 Å². The Balaban J connectivity index is 0. The largest absolute Gasteiger partial charge is 0.303 e. The molecule has 1 unspecified atom stereocenters. The van der Waals surface area contributed by atoms with Gasteiger partial charge in [-0.3, -0.25) is 0 Å². The zero-order valence-corrected chi connectivity index (χ0v) is 6.90. The Hall–Kier alpha value is 1.45. The van der Waals surface area contributed by atoms with E-state index in [9.17, 15) is 4.79 Å². The number of carbonyl (C=O) groups excluding carboxylic acids is 1. The molecule has 0 saturated carbocycles. The molecule has 0 bridgehead atoms. The minimum atomic E-state index is 0. The topological polar surface area (TPSA) is 17.1 Å². The van der Waals surface area contributed by atoms with Crippen molar-refractivity contribution in [1.82, 2.24) is 0 Å². The summed E-state index contributed by atoms with van der Waals surface area (Å²) >= 11 is 0. The standard InChI is InChI=1S/C2H5OP.Nd/c3-1-2-4;/h1H,2,4H2;/i4T;. The van der Waals surface area contributed by atoms with E-state index in [1.807, 2.05) is 0 Å². The summed E-state index contributed by atoms with van der Waals surface area (Å²) in [5.74, 6) is 0. The molecule has 0 spiro atoms. The van der Waals surface area contributed by atoms with Crippen LogP contribution >= 0.6 is 9.18 Å². The summed E-state index contributed by atoms with van der Waals surface area (Å²) in [5.41, 5.74) is 0. The average molecular weight is 222 g/mol. The summed E-state index contributed by atoms with van der Waals surface area (Å²) in [4.78, 5) is 9.29. The minimum Gasteiger partial charge on any atom is -0.303 e. The monoisotopic (exact) mass is 220 g/mol. The van der Waals surface area contributed by atoms with Crippen molar-refractivity contribution in [3.63, 3.8) is 0 Å². The Labute approximate surface area is 67.9 Å². The second-order valence-electron chi connectivity index (χ2n) is 0.371. The van der Waals surface area contributed by atoms with Gasteiger partial charge in [-0.2, -0.15) is 0 Å². The maximum atomic E-state index is 9.29. The fourth-order valence-corrected chi connectivity index (χ4v) is 0. The second-order valence-corrected chi connectivity index (χ2v) is 0.779. The van der Waals surface area contributed by atoms with Crippen molar-refractivity contribution in [3.8, 4) is 0 Å². The maximum Gasteiger partial charge on any atom is 0.123 e. The van der Waals surface area contributed by atoms with Crippen molar-refractivity contribution in [2.45, 2.75) is 0 Å². The van der Waals surface area contributed by atoms with Crippen LogP contribution in [0.3, 0.4) is 0 Å². The van der Waals surface area contributed by atoms with Gasteiger partial charge in [0.25, 0.3) is 0 Å². The Morgan fingerprint density at radius 1 is 2.20 bits per heavy atom. The van der Waals surface area contributed by atoms with E-state index in [-0.39, 0.29) is 50.0 Å². The summed E-state index contributed by atoms with van der Waals surface area (Å²) in [7, 11) is 0.0397. The van der Waals surface area contributed by atoms with Crippen molar-refractivity contribution >= 4 is 15.5 Å². The normalized spacial score (nSPS) is 10.0. The Kier molecular flexibility index (Phi) is 11.7. The molecule has 1 nitrogen and oxygen atoms in total. The molecule has 0 N–H and O–H groups in total. The molecule has 0 aromatic rings. The number of hydrogen-bond acceptors (Lipinski definition) is 1. The van der Waals surface area contributed by atoms with Crippen molar-refractivity contribution in [3.05, 3.63) is 0 Å². The van der Waals surface area contributed by atoms with E-state index >= 15 is 0 Å². The Bertz CT molecular complexity index is 34.7. The molecule has 0 aromatic heterocycles. The third-order valence-electron chi connectivity index (χ3n) is 0.0833. The first kappa shape index (κ1) is 6.45. The molecule has 3 heteroatoms. The van der Waals surface area contributed by atoms with Crippen LogP contribution in [0.4, 0.5) is 0 Å². The molecular weight excluding hydrogens is 215 g/mol. The first-order valence-electron chi connectivity index (χ1n) is 1.50. The van der Waals surface area contributed by atoms with E-state index in [2.05, 4.69) is 0 Å². The molecular formula is C2H5NdOP. The number of hydrogen-bond donors (Lipinski definition) is 0. The van der Waals surface area contributed by atoms with E-state index in [0.717, 1.165) is 6.29 Å². The summed E-state index contributed by atoms with van der Waals surface area (Å²) in [6.07, 6.45) is 1.16. The quantitative estimate of drug-likeness (QED) is 0.477. The molecule has 0 amide bonds. The Morgan fingerprint density at radius 2 is 2.80 bits per heavy atom. The van der Waals surface area contributed by atoms with E-state index in [1.165, 1.54) is 0 Å². The van der Waals surface area contributed by atoms with Crippen LogP contribution in [0.1, 0.15) is 0 Å². The van der Waals surface area contributed by atoms with Gasteiger partial charge in [-0.05, 0) is 0 Å². The first-order chi connectivity index (χ1) is 2.41. The molecule has 1 atom stereocenters. The van der Waals surface area contributed by atoms with Crippen LogP contribution in [-0.4, -0.2) is 13.7 Å². The van der Waals surface area contributed by atoms with Crippen LogP contribution in [0.15, 0.2) is 0 Å². The minimum absolute atomic E-state index is 0. The van der Waals surface area contributed by atoms with Gasteiger partial charge < -0.3 is 4.79 Å². The second kappa shape index (κ2) is 9.07. The third-order valence-corrected chi connectivity index (χ3v) is 0.250. The number of rotatable bonds is 2. The molecule has 0 radical (unpaired) electrons. The van der Waals surface area contributed by atoms with Crippen LogP contribution < -0.4 is 0 Å². The van der Waals surface area contributed by atoms with Crippen molar-refractivity contribution < 1.29 is 45.6 Å². The first-order valence-corrected chi connectivity index (χ1v) is 1.70. The molecule has 5 heavy (non-hydrogen) atoms. The molecule has 0 saturated heterocycles. The molecule has 28 valence electrons. The van der Waals surface area contributed by atoms with Crippen molar-refractivity contribution in [2.24, 2.45) is 0 Å². The van der Waals surface area contributed by atoms with Gasteiger partial charge in [0, 0.05) is 47.0 Å². The molecule has 0 rings (SSSR count).